The molecule has 1 aromatic heterocycles. The SMILES string of the molecule is COc1ccc(C)cc1Cn1c(=O)c(N2CCOCC2)nc2cc3c(cc21)OCCO3. The molecule has 3 aromatic rings. The van der Waals surface area contributed by atoms with Gasteiger partial charge in [0.1, 0.15) is 19.0 Å². The number of benzene rings is 2. The van der Waals surface area contributed by atoms with Crippen molar-refractivity contribution in [1.29, 1.82) is 0 Å². The highest BCUT2D eigenvalue weighted by Crippen LogP contribution is 2.34. The van der Waals surface area contributed by atoms with Crippen molar-refractivity contribution in [3.05, 3.63) is 51.8 Å². The predicted molar refractivity (Wildman–Crippen MR) is 117 cm³/mol. The Morgan fingerprint density at radius 2 is 1.77 bits per heavy atom. The number of ether oxygens (including phenoxy) is 4. The highest BCUT2D eigenvalue weighted by atomic mass is 16.6. The molecule has 0 radical (unpaired) electrons. The monoisotopic (exact) mass is 423 g/mol. The topological polar surface area (TPSA) is 75.1 Å². The number of rotatable bonds is 4. The van der Waals surface area contributed by atoms with E-state index in [0.717, 1.165) is 16.9 Å². The molecule has 3 heterocycles. The molecule has 162 valence electrons. The van der Waals surface area contributed by atoms with Crippen molar-refractivity contribution < 1.29 is 18.9 Å². The number of aromatic nitrogens is 2. The minimum atomic E-state index is -0.144. The van der Waals surface area contributed by atoms with E-state index < -0.39 is 0 Å². The van der Waals surface area contributed by atoms with Crippen LogP contribution in [-0.2, 0) is 11.3 Å². The Bertz CT molecular complexity index is 1180. The zero-order valence-corrected chi connectivity index (χ0v) is 17.7. The second-order valence-corrected chi connectivity index (χ2v) is 7.73. The Kier molecular flexibility index (Phi) is 5.15. The Morgan fingerprint density at radius 1 is 1.03 bits per heavy atom. The average molecular weight is 423 g/mol. The Morgan fingerprint density at radius 3 is 2.52 bits per heavy atom. The van der Waals surface area contributed by atoms with E-state index in [1.54, 1.807) is 11.7 Å². The first-order valence-electron chi connectivity index (χ1n) is 10.4. The molecule has 0 atom stereocenters. The van der Waals surface area contributed by atoms with Crippen molar-refractivity contribution in [3.63, 3.8) is 0 Å². The number of aryl methyl sites for hydroxylation is 1. The van der Waals surface area contributed by atoms with Gasteiger partial charge in [0.15, 0.2) is 17.3 Å². The molecule has 0 saturated carbocycles. The van der Waals surface area contributed by atoms with Gasteiger partial charge in [-0.15, -0.1) is 0 Å². The maximum Gasteiger partial charge on any atom is 0.294 e. The van der Waals surface area contributed by atoms with Crippen LogP contribution in [0.2, 0.25) is 0 Å². The molecular formula is C23H25N3O5. The molecule has 1 fully saturated rings. The normalized spacial score (nSPS) is 15.9. The second-order valence-electron chi connectivity index (χ2n) is 7.73. The largest absolute Gasteiger partial charge is 0.496 e. The van der Waals surface area contributed by atoms with E-state index in [4.69, 9.17) is 23.9 Å². The van der Waals surface area contributed by atoms with Gasteiger partial charge in [-0.05, 0) is 13.0 Å². The standard InChI is InChI=1S/C23H25N3O5/c1-15-3-4-19(28-2)16(11-15)14-26-18-13-21-20(30-9-10-31-21)12-17(18)24-22(23(26)27)25-5-7-29-8-6-25/h3-4,11-13H,5-10,14H2,1-2H3. The molecule has 0 aliphatic carbocycles. The van der Waals surface area contributed by atoms with E-state index in [9.17, 15) is 4.79 Å². The fraction of sp³-hybridized carbons (Fsp3) is 0.391. The highest BCUT2D eigenvalue weighted by Gasteiger charge is 2.22. The third-order valence-corrected chi connectivity index (χ3v) is 5.67. The maximum absolute atomic E-state index is 13.6. The number of morpholine rings is 1. The minimum absolute atomic E-state index is 0.144. The molecule has 31 heavy (non-hydrogen) atoms. The first kappa shape index (κ1) is 19.7. The van der Waals surface area contributed by atoms with E-state index in [2.05, 4.69) is 0 Å². The van der Waals surface area contributed by atoms with Gasteiger partial charge in [0.05, 0.1) is 37.9 Å². The molecule has 0 unspecified atom stereocenters. The Hall–Kier alpha value is -3.26. The van der Waals surface area contributed by atoms with Gasteiger partial charge >= 0.3 is 0 Å². The van der Waals surface area contributed by atoms with Crippen LogP contribution >= 0.6 is 0 Å². The van der Waals surface area contributed by atoms with Gasteiger partial charge in [-0.2, -0.15) is 0 Å². The summed E-state index contributed by atoms with van der Waals surface area (Å²) in [6.07, 6.45) is 0. The van der Waals surface area contributed by atoms with Crippen LogP contribution in [0, 0.1) is 6.92 Å². The van der Waals surface area contributed by atoms with Gasteiger partial charge in [0.25, 0.3) is 5.56 Å². The van der Waals surface area contributed by atoms with Crippen LogP contribution in [0.5, 0.6) is 17.2 Å². The number of anilines is 1. The Balaban J connectivity index is 1.71. The summed E-state index contributed by atoms with van der Waals surface area (Å²) in [5, 5.41) is 0. The molecule has 2 aromatic carbocycles. The molecule has 8 heteroatoms. The summed E-state index contributed by atoms with van der Waals surface area (Å²) >= 11 is 0. The van der Waals surface area contributed by atoms with E-state index in [0.29, 0.717) is 74.4 Å². The quantitative estimate of drug-likeness (QED) is 0.638. The van der Waals surface area contributed by atoms with Gasteiger partial charge in [0.2, 0.25) is 0 Å². The van der Waals surface area contributed by atoms with Crippen LogP contribution in [0.1, 0.15) is 11.1 Å². The van der Waals surface area contributed by atoms with E-state index >= 15 is 0 Å². The lowest BCUT2D eigenvalue weighted by Gasteiger charge is -2.28. The summed E-state index contributed by atoms with van der Waals surface area (Å²) in [6, 6.07) is 9.68. The third-order valence-electron chi connectivity index (χ3n) is 5.67. The van der Waals surface area contributed by atoms with Crippen molar-refractivity contribution in [2.75, 3.05) is 51.5 Å². The molecular weight excluding hydrogens is 398 g/mol. The lowest BCUT2D eigenvalue weighted by atomic mass is 10.1. The summed E-state index contributed by atoms with van der Waals surface area (Å²) in [5.74, 6) is 2.45. The van der Waals surface area contributed by atoms with Crippen molar-refractivity contribution in [2.45, 2.75) is 13.5 Å². The van der Waals surface area contributed by atoms with Crippen LogP contribution in [0.4, 0.5) is 5.82 Å². The van der Waals surface area contributed by atoms with Gasteiger partial charge in [-0.1, -0.05) is 17.7 Å². The van der Waals surface area contributed by atoms with Gasteiger partial charge < -0.3 is 23.8 Å². The highest BCUT2D eigenvalue weighted by molar-refractivity contribution is 5.81. The molecule has 1 saturated heterocycles. The second kappa shape index (κ2) is 8.11. The predicted octanol–water partition coefficient (Wildman–Crippen LogP) is 2.37. The number of hydrogen-bond donors (Lipinski definition) is 0. The Labute approximate surface area is 179 Å². The molecule has 2 aliphatic rings. The number of nitrogens with zero attached hydrogens (tertiary/aromatic N) is 3. The van der Waals surface area contributed by atoms with Crippen LogP contribution < -0.4 is 24.7 Å². The number of fused-ring (bicyclic) bond motifs is 2. The number of hydrogen-bond acceptors (Lipinski definition) is 7. The van der Waals surface area contributed by atoms with Crippen LogP contribution in [0.15, 0.2) is 35.1 Å². The lowest BCUT2D eigenvalue weighted by Crippen LogP contribution is -2.41. The molecule has 0 N–H and O–H groups in total. The summed E-state index contributed by atoms with van der Waals surface area (Å²) in [7, 11) is 1.64. The summed E-state index contributed by atoms with van der Waals surface area (Å²) in [4.78, 5) is 20.4. The van der Waals surface area contributed by atoms with Crippen LogP contribution in [-0.4, -0.2) is 56.2 Å². The molecule has 5 rings (SSSR count). The average Bonchev–Trinajstić information content (AvgIpc) is 2.80. The first-order valence-corrected chi connectivity index (χ1v) is 10.4. The minimum Gasteiger partial charge on any atom is -0.496 e. The van der Waals surface area contributed by atoms with Gasteiger partial charge in [-0.25, -0.2) is 4.98 Å². The summed E-state index contributed by atoms with van der Waals surface area (Å²) < 4.78 is 24.3. The molecule has 0 bridgehead atoms. The fourth-order valence-electron chi connectivity index (χ4n) is 4.10. The number of methoxy groups -OCH3 is 1. The third kappa shape index (κ3) is 3.67. The molecule has 0 amide bonds. The van der Waals surface area contributed by atoms with Crippen molar-refractivity contribution in [3.8, 4) is 17.2 Å². The summed E-state index contributed by atoms with van der Waals surface area (Å²) in [5.41, 5.74) is 3.28. The van der Waals surface area contributed by atoms with E-state index in [-0.39, 0.29) is 5.56 Å². The van der Waals surface area contributed by atoms with Crippen LogP contribution in [0.25, 0.3) is 11.0 Å². The first-order chi connectivity index (χ1) is 15.1. The zero-order valence-electron chi connectivity index (χ0n) is 17.7. The van der Waals surface area contributed by atoms with Crippen LogP contribution in [0.3, 0.4) is 0 Å². The fourth-order valence-corrected chi connectivity index (χ4v) is 4.10. The summed E-state index contributed by atoms with van der Waals surface area (Å²) in [6.45, 7) is 5.77. The molecule has 2 aliphatic heterocycles. The molecule has 0 spiro atoms. The van der Waals surface area contributed by atoms with Crippen molar-refractivity contribution >= 4 is 16.9 Å². The lowest BCUT2D eigenvalue weighted by molar-refractivity contribution is 0.122. The zero-order chi connectivity index (χ0) is 21.4. The van der Waals surface area contributed by atoms with Crippen molar-refractivity contribution in [1.82, 2.24) is 9.55 Å². The van der Waals surface area contributed by atoms with E-state index in [1.165, 1.54) is 0 Å². The smallest absolute Gasteiger partial charge is 0.294 e. The van der Waals surface area contributed by atoms with Crippen molar-refractivity contribution in [2.24, 2.45) is 0 Å². The van der Waals surface area contributed by atoms with E-state index in [1.807, 2.05) is 42.2 Å². The van der Waals surface area contributed by atoms with Gasteiger partial charge in [-0.3, -0.25) is 9.36 Å². The van der Waals surface area contributed by atoms with Gasteiger partial charge in [0, 0.05) is 30.8 Å². The molecule has 8 nitrogen and oxygen atoms in total. The maximum atomic E-state index is 13.6.